The lowest BCUT2D eigenvalue weighted by Gasteiger charge is -2.49. The van der Waals surface area contributed by atoms with Crippen LogP contribution in [0.15, 0.2) is 48.8 Å². The van der Waals surface area contributed by atoms with Gasteiger partial charge in [0.2, 0.25) is 0 Å². The summed E-state index contributed by atoms with van der Waals surface area (Å²) in [6, 6.07) is 8.55. The Labute approximate surface area is 464 Å². The molecule has 78 heavy (non-hydrogen) atoms. The van der Waals surface area contributed by atoms with Gasteiger partial charge in [-0.2, -0.15) is 4.73 Å². The molecular formula is C56H88ClFN6O14. The quantitative estimate of drug-likeness (QED) is 0.0551. The summed E-state index contributed by atoms with van der Waals surface area (Å²) in [6.07, 6.45) is -6.93. The van der Waals surface area contributed by atoms with Crippen molar-refractivity contribution in [3.05, 3.63) is 70.4 Å². The molecule has 5 N–H and O–H groups in total. The number of halogens is 2. The van der Waals surface area contributed by atoms with Crippen LogP contribution in [-0.4, -0.2) is 195 Å². The molecule has 0 spiro atoms. The van der Waals surface area contributed by atoms with Gasteiger partial charge in [0, 0.05) is 76.0 Å². The number of methoxy groups -OCH3 is 2. The van der Waals surface area contributed by atoms with E-state index in [1.807, 2.05) is 62.0 Å². The molecule has 440 valence electrons. The Bertz CT molecular complexity index is 2390. The third-order valence-corrected chi connectivity index (χ3v) is 17.2. The van der Waals surface area contributed by atoms with Crippen LogP contribution in [0, 0.1) is 23.0 Å². The number of nitrogens with zero attached hydrogens (tertiary/aromatic N) is 6. The first-order chi connectivity index (χ1) is 36.6. The van der Waals surface area contributed by atoms with Crippen molar-refractivity contribution in [1.82, 2.24) is 24.8 Å². The largest absolute Gasteiger partial charge is 0.618 e. The molecule has 0 bridgehead atoms. The van der Waals surface area contributed by atoms with Crippen molar-refractivity contribution >= 4 is 17.6 Å². The number of likely N-dealkylation sites (N-methyl/N-ethyl adjacent to an activating group) is 2. The summed E-state index contributed by atoms with van der Waals surface area (Å²) >= 11 is 5.92. The molecule has 2 aromatic heterocycles. The Kier molecular flexibility index (Phi) is 21.7. The zero-order valence-electron chi connectivity index (χ0n) is 47.9. The second-order valence-electron chi connectivity index (χ2n) is 23.2. The summed E-state index contributed by atoms with van der Waals surface area (Å²) in [7, 11) is 6.68. The summed E-state index contributed by atoms with van der Waals surface area (Å²) in [5.41, 5.74) is -1.93. The molecule has 3 fully saturated rings. The summed E-state index contributed by atoms with van der Waals surface area (Å²) in [5, 5.41) is 80.8. The zero-order chi connectivity index (χ0) is 57.8. The van der Waals surface area contributed by atoms with Crippen molar-refractivity contribution in [3.63, 3.8) is 0 Å². The minimum Gasteiger partial charge on any atom is -0.618 e. The summed E-state index contributed by atoms with van der Waals surface area (Å²) < 4.78 is 61.2. The number of esters is 1. The van der Waals surface area contributed by atoms with Crippen LogP contribution in [0.2, 0.25) is 5.15 Å². The molecule has 22 heteroatoms. The summed E-state index contributed by atoms with van der Waals surface area (Å²) in [4.78, 5) is 18.4. The fourth-order valence-corrected chi connectivity index (χ4v) is 12.1. The third kappa shape index (κ3) is 14.4. The highest BCUT2D eigenvalue weighted by atomic mass is 35.5. The molecule has 20 nitrogen and oxygen atoms in total. The van der Waals surface area contributed by atoms with Crippen LogP contribution in [0.4, 0.5) is 4.39 Å². The van der Waals surface area contributed by atoms with Crippen molar-refractivity contribution in [3.8, 4) is 11.1 Å². The van der Waals surface area contributed by atoms with Crippen molar-refractivity contribution in [1.29, 1.82) is 0 Å². The van der Waals surface area contributed by atoms with E-state index in [1.54, 1.807) is 60.7 Å². The number of aliphatic hydroxyl groups is 5. The molecule has 1 aromatic carbocycles. The lowest BCUT2D eigenvalue weighted by atomic mass is 9.77. The van der Waals surface area contributed by atoms with Crippen molar-refractivity contribution in [2.45, 2.75) is 204 Å². The number of aliphatic hydroxyl groups excluding tert-OH is 3. The van der Waals surface area contributed by atoms with Crippen molar-refractivity contribution in [2.75, 3.05) is 48.1 Å². The number of rotatable bonds is 16. The average molecular weight is 1120 g/mol. The number of hydrogen-bond donors (Lipinski definition) is 5. The van der Waals surface area contributed by atoms with Gasteiger partial charge in [-0.05, 0) is 117 Å². The number of ether oxygens (including phenoxy) is 7. The van der Waals surface area contributed by atoms with Crippen molar-refractivity contribution < 1.29 is 72.6 Å². The SMILES string of the molecule is CC[C@H]1OC(=O)[C@H](C)[C@@H](O[C@H]2C[C@@](C)(OC)[C@@H](O)[C@H](C)O2)[C@H](C)[C@@H](O[C@@H]2O[C@H](C)C[C@H](N(C)CCc3cn([C@H](CF)[C@H](OC)c4ccc(-c5ccc(Cl)[n+]([O-])c5)cc4)nn3)[C@H]2O)[C@](C)(O)C[C@@H](C)CN(C)[C@H](C)[C@@H](O)[C@]1(C)O. The van der Waals surface area contributed by atoms with Gasteiger partial charge in [-0.1, -0.05) is 50.3 Å². The van der Waals surface area contributed by atoms with Gasteiger partial charge >= 0.3 is 5.97 Å². The van der Waals surface area contributed by atoms with E-state index >= 15 is 0 Å². The molecule has 6 rings (SSSR count). The topological polar surface area (TPSA) is 247 Å². The molecule has 0 radical (unpaired) electrons. The Morgan fingerprint density at radius 1 is 0.974 bits per heavy atom. The Morgan fingerprint density at radius 2 is 1.64 bits per heavy atom. The fourth-order valence-electron chi connectivity index (χ4n) is 12.0. The summed E-state index contributed by atoms with van der Waals surface area (Å²) in [5.74, 6) is -2.93. The Morgan fingerprint density at radius 3 is 2.26 bits per heavy atom. The van der Waals surface area contributed by atoms with Gasteiger partial charge in [0.05, 0.1) is 47.2 Å². The number of benzene rings is 1. The molecule has 3 aliphatic rings. The van der Waals surface area contributed by atoms with E-state index in [1.165, 1.54) is 38.1 Å². The van der Waals surface area contributed by atoms with E-state index in [4.69, 9.17) is 44.8 Å². The predicted molar refractivity (Wildman–Crippen MR) is 287 cm³/mol. The zero-order valence-corrected chi connectivity index (χ0v) is 48.7. The number of hydrogen-bond acceptors (Lipinski definition) is 18. The van der Waals surface area contributed by atoms with E-state index in [9.17, 15) is 39.9 Å². The van der Waals surface area contributed by atoms with Crippen LogP contribution >= 0.6 is 11.6 Å². The van der Waals surface area contributed by atoms with Gasteiger partial charge in [-0.3, -0.25) is 4.79 Å². The average Bonchev–Trinajstić information content (AvgIpc) is 3.90. The van der Waals surface area contributed by atoms with Gasteiger partial charge in [0.1, 0.15) is 48.8 Å². The highest BCUT2D eigenvalue weighted by Gasteiger charge is 2.53. The second-order valence-corrected chi connectivity index (χ2v) is 23.6. The van der Waals surface area contributed by atoms with Gasteiger partial charge in [-0.15, -0.1) is 5.10 Å². The third-order valence-electron chi connectivity index (χ3n) is 16.9. The second kappa shape index (κ2) is 26.6. The lowest BCUT2D eigenvalue weighted by molar-refractivity contribution is -0.602. The van der Waals surface area contributed by atoms with Gasteiger partial charge < -0.3 is 73.7 Å². The molecule has 3 saturated heterocycles. The van der Waals surface area contributed by atoms with E-state index in [-0.39, 0.29) is 30.3 Å². The molecule has 20 atom stereocenters. The Balaban J connectivity index is 1.25. The normalized spacial score (nSPS) is 37.8. The van der Waals surface area contributed by atoms with Crippen LogP contribution in [0.25, 0.3) is 11.1 Å². The first-order valence-electron chi connectivity index (χ1n) is 27.4. The standard InChI is InChI=1S/C56H88ClFN6O14/c1-15-43-56(10,70)49(66)35(6)62(12)28-31(2)25-54(8,69)51(33(4)47(34(5)52(68)76-43)77-45-26-55(9,73-14)50(67)36(7)75-45)78-53-46(65)41(24-32(3)74-53)61(11)23-22-40-30-63(60-59-40)42(27-58)48(72-13)38-18-16-37(17-19-38)39-20-21-44(57)64(71)29-39/h16-21,29-36,41-43,45-51,53,65-67,69-70H,15,22-28H2,1-14H3/t31-,32-,33+,34-,35-,36+,41+,42-,43-,45+,46-,47+,48-,49-,50+,51-,53+,54-,55-,56-/m1/s1. The number of pyridine rings is 1. The summed E-state index contributed by atoms with van der Waals surface area (Å²) in [6.45, 7) is 17.3. The molecule has 3 aliphatic heterocycles. The molecule has 0 amide bonds. The van der Waals surface area contributed by atoms with E-state index < -0.39 is 127 Å². The maximum atomic E-state index is 15.0. The van der Waals surface area contributed by atoms with Crippen LogP contribution in [0.5, 0.6) is 0 Å². The highest BCUT2D eigenvalue weighted by Crippen LogP contribution is 2.41. The predicted octanol–water partition coefficient (Wildman–Crippen LogP) is 4.96. The molecule has 0 unspecified atom stereocenters. The van der Waals surface area contributed by atoms with Crippen LogP contribution < -0.4 is 4.73 Å². The van der Waals surface area contributed by atoms with Crippen LogP contribution in [0.3, 0.4) is 0 Å². The number of carbonyl (C=O) groups excluding carboxylic acids is 1. The highest BCUT2D eigenvalue weighted by molar-refractivity contribution is 6.28. The first-order valence-corrected chi connectivity index (χ1v) is 27.7. The van der Waals surface area contributed by atoms with Crippen LogP contribution in [-0.2, 0) is 44.4 Å². The number of cyclic esters (lactones) is 1. The van der Waals surface area contributed by atoms with Gasteiger partial charge in [-0.25, -0.2) is 9.07 Å². The molecule has 3 aromatic rings. The monoisotopic (exact) mass is 1120 g/mol. The minimum atomic E-state index is -1.86. The number of carbonyl (C=O) groups is 1. The molecular weight excluding hydrogens is 1040 g/mol. The Hall–Kier alpha value is -3.52. The van der Waals surface area contributed by atoms with E-state index in [2.05, 4.69) is 10.3 Å². The van der Waals surface area contributed by atoms with E-state index in [0.29, 0.717) is 47.5 Å². The fraction of sp³-hybridized carbons (Fsp3) is 0.750. The first kappa shape index (κ1) is 63.7. The van der Waals surface area contributed by atoms with Crippen LogP contribution in [0.1, 0.15) is 118 Å². The lowest BCUT2D eigenvalue weighted by Crippen LogP contribution is -2.61. The van der Waals surface area contributed by atoms with Gasteiger partial charge in [0.15, 0.2) is 18.8 Å². The maximum absolute atomic E-state index is 15.0. The minimum absolute atomic E-state index is 0.0541. The smallest absolute Gasteiger partial charge is 0.311 e. The van der Waals surface area contributed by atoms with Crippen molar-refractivity contribution in [2.24, 2.45) is 17.8 Å². The van der Waals surface area contributed by atoms with E-state index in [0.717, 1.165) is 5.56 Å². The molecule has 0 aliphatic carbocycles. The van der Waals surface area contributed by atoms with Gasteiger partial charge in [0.25, 0.3) is 5.15 Å². The number of alkyl halides is 1. The molecule has 5 heterocycles. The molecule has 0 saturated carbocycles. The number of aromatic nitrogens is 4. The maximum Gasteiger partial charge on any atom is 0.311 e.